The van der Waals surface area contributed by atoms with Crippen LogP contribution in [0.3, 0.4) is 0 Å². The number of hydrogen-bond donors (Lipinski definition) is 2. The van der Waals surface area contributed by atoms with Crippen LogP contribution >= 0.6 is 0 Å². The molecule has 2 atom stereocenters. The smallest absolute Gasteiger partial charge is 0.337 e. The zero-order valence-electron chi connectivity index (χ0n) is 19.4. The molecule has 1 amide bonds. The molecule has 0 unspecified atom stereocenters. The fourth-order valence-electron chi connectivity index (χ4n) is 4.39. The first-order chi connectivity index (χ1) is 16.6. The lowest BCUT2D eigenvalue weighted by molar-refractivity contribution is -0.150. The van der Waals surface area contributed by atoms with Crippen LogP contribution in [-0.2, 0) is 32.2 Å². The van der Waals surface area contributed by atoms with Crippen molar-refractivity contribution in [1.29, 1.82) is 0 Å². The summed E-state index contributed by atoms with van der Waals surface area (Å²) in [5, 5.41) is 12.3. The van der Waals surface area contributed by atoms with Crippen molar-refractivity contribution >= 4 is 11.9 Å². The number of ether oxygens (including phenoxy) is 3. The molecule has 0 radical (unpaired) electrons. The maximum absolute atomic E-state index is 13.0. The van der Waals surface area contributed by atoms with Gasteiger partial charge in [0.2, 0.25) is 6.29 Å². The Kier molecular flexibility index (Phi) is 7.98. The number of amides is 1. The number of nitrogens with one attached hydrogen (secondary N) is 1. The normalized spacial score (nSPS) is 20.4. The second-order valence-corrected chi connectivity index (χ2v) is 8.77. The molecule has 2 aromatic rings. The molecule has 7 nitrogen and oxygen atoms in total. The maximum atomic E-state index is 13.0. The van der Waals surface area contributed by atoms with E-state index in [1.54, 1.807) is 12.1 Å². The van der Waals surface area contributed by atoms with Crippen molar-refractivity contribution in [3.05, 3.63) is 82.6 Å². The average molecular weight is 466 g/mol. The van der Waals surface area contributed by atoms with E-state index in [2.05, 4.69) is 5.32 Å². The Labute approximate surface area is 199 Å². The fraction of sp³-hybridized carbons (Fsp3) is 0.407. The van der Waals surface area contributed by atoms with E-state index in [1.807, 2.05) is 42.5 Å². The van der Waals surface area contributed by atoms with Crippen molar-refractivity contribution in [3.8, 4) is 0 Å². The molecule has 0 bridgehead atoms. The highest BCUT2D eigenvalue weighted by molar-refractivity contribution is 5.92. The number of aliphatic hydroxyl groups is 1. The van der Waals surface area contributed by atoms with Crippen LogP contribution in [0.2, 0.25) is 0 Å². The number of allylic oxidation sites excluding steroid dienone is 1. The summed E-state index contributed by atoms with van der Waals surface area (Å²) in [6.07, 6.45) is 6.00. The molecule has 2 aliphatic rings. The SMILES string of the molecule is COC(=O)c1ccc([C@@H]2C=C(C(=O)NC3CCCC3)O[C@H](OCc3ccc(CO)cc3)C2)cc1. The minimum Gasteiger partial charge on any atom is -0.465 e. The third kappa shape index (κ3) is 6.04. The van der Waals surface area contributed by atoms with Crippen molar-refractivity contribution in [2.45, 2.75) is 63.6 Å². The number of methoxy groups -OCH3 is 1. The predicted molar refractivity (Wildman–Crippen MR) is 126 cm³/mol. The van der Waals surface area contributed by atoms with Gasteiger partial charge in [0, 0.05) is 18.4 Å². The van der Waals surface area contributed by atoms with Gasteiger partial charge in [0.05, 0.1) is 25.9 Å². The number of carbonyl (C=O) groups is 2. The number of esters is 1. The van der Waals surface area contributed by atoms with Gasteiger partial charge in [0.1, 0.15) is 0 Å². The zero-order chi connectivity index (χ0) is 23.9. The Balaban J connectivity index is 1.49. The van der Waals surface area contributed by atoms with Crippen LogP contribution in [0, 0.1) is 0 Å². The van der Waals surface area contributed by atoms with Crippen molar-refractivity contribution in [1.82, 2.24) is 5.32 Å². The molecule has 34 heavy (non-hydrogen) atoms. The zero-order valence-corrected chi connectivity index (χ0v) is 19.4. The molecule has 1 fully saturated rings. The van der Waals surface area contributed by atoms with Crippen molar-refractivity contribution in [2.75, 3.05) is 7.11 Å². The van der Waals surface area contributed by atoms with Gasteiger partial charge in [-0.05, 0) is 47.7 Å². The Hall–Kier alpha value is -3.16. The first-order valence-corrected chi connectivity index (χ1v) is 11.7. The topological polar surface area (TPSA) is 94.1 Å². The summed E-state index contributed by atoms with van der Waals surface area (Å²) in [4.78, 5) is 24.7. The van der Waals surface area contributed by atoms with E-state index >= 15 is 0 Å². The summed E-state index contributed by atoms with van der Waals surface area (Å²) in [7, 11) is 1.35. The third-order valence-corrected chi connectivity index (χ3v) is 6.37. The molecule has 0 spiro atoms. The summed E-state index contributed by atoms with van der Waals surface area (Å²) in [6, 6.07) is 14.9. The number of hydrogen-bond acceptors (Lipinski definition) is 6. The Morgan fingerprint density at radius 3 is 2.35 bits per heavy atom. The van der Waals surface area contributed by atoms with Gasteiger partial charge >= 0.3 is 5.97 Å². The second-order valence-electron chi connectivity index (χ2n) is 8.77. The molecule has 1 saturated carbocycles. The summed E-state index contributed by atoms with van der Waals surface area (Å²) < 4.78 is 16.8. The van der Waals surface area contributed by atoms with E-state index in [9.17, 15) is 14.7 Å². The quantitative estimate of drug-likeness (QED) is 0.574. The highest BCUT2D eigenvalue weighted by atomic mass is 16.7. The molecule has 180 valence electrons. The van der Waals surface area contributed by atoms with Gasteiger partial charge in [0.15, 0.2) is 5.76 Å². The number of rotatable bonds is 8. The third-order valence-electron chi connectivity index (χ3n) is 6.37. The second kappa shape index (κ2) is 11.3. The largest absolute Gasteiger partial charge is 0.465 e. The molecule has 2 N–H and O–H groups in total. The van der Waals surface area contributed by atoms with Gasteiger partial charge in [-0.3, -0.25) is 4.79 Å². The Morgan fingerprint density at radius 2 is 1.71 bits per heavy atom. The summed E-state index contributed by atoms with van der Waals surface area (Å²) in [5.41, 5.74) is 3.22. The molecular formula is C27H31NO6. The highest BCUT2D eigenvalue weighted by Gasteiger charge is 2.30. The van der Waals surface area contributed by atoms with Gasteiger partial charge in [0.25, 0.3) is 5.91 Å². The molecular weight excluding hydrogens is 434 g/mol. The lowest BCUT2D eigenvalue weighted by atomic mass is 9.92. The Bertz CT molecular complexity index is 1010. The van der Waals surface area contributed by atoms with E-state index in [1.165, 1.54) is 7.11 Å². The van der Waals surface area contributed by atoms with E-state index in [0.717, 1.165) is 42.4 Å². The van der Waals surface area contributed by atoms with Gasteiger partial charge < -0.3 is 24.6 Å². The molecule has 2 aromatic carbocycles. The van der Waals surface area contributed by atoms with Crippen molar-refractivity contribution in [2.24, 2.45) is 0 Å². The predicted octanol–water partition coefficient (Wildman–Crippen LogP) is 3.96. The minimum atomic E-state index is -0.600. The number of carbonyl (C=O) groups excluding carboxylic acids is 2. The minimum absolute atomic E-state index is 0.00637. The molecule has 1 aliphatic heterocycles. The summed E-state index contributed by atoms with van der Waals surface area (Å²) in [6.45, 7) is 0.315. The van der Waals surface area contributed by atoms with Gasteiger partial charge in [-0.15, -0.1) is 0 Å². The molecule has 0 saturated heterocycles. The standard InChI is InChI=1S/C27H31NO6/c1-32-27(31)21-12-10-20(11-13-21)22-14-24(26(30)28-23-4-2-3-5-23)34-25(15-22)33-17-19-8-6-18(16-29)7-9-19/h6-14,22-23,25,29H,2-5,15-17H2,1H3,(H,28,30)/t22-,25+/m1/s1. The van der Waals surface area contributed by atoms with Gasteiger partial charge in [-0.1, -0.05) is 49.2 Å². The Morgan fingerprint density at radius 1 is 1.03 bits per heavy atom. The highest BCUT2D eigenvalue weighted by Crippen LogP contribution is 2.32. The van der Waals surface area contributed by atoms with Crippen LogP contribution in [0.4, 0.5) is 0 Å². The summed E-state index contributed by atoms with van der Waals surface area (Å²) >= 11 is 0. The van der Waals surface area contributed by atoms with E-state index in [0.29, 0.717) is 18.6 Å². The fourth-order valence-corrected chi connectivity index (χ4v) is 4.39. The van der Waals surface area contributed by atoms with E-state index in [-0.39, 0.29) is 36.2 Å². The lowest BCUT2D eigenvalue weighted by Gasteiger charge is -2.30. The molecule has 4 rings (SSSR count). The number of aliphatic hydroxyl groups excluding tert-OH is 1. The van der Waals surface area contributed by atoms with E-state index in [4.69, 9.17) is 14.2 Å². The van der Waals surface area contributed by atoms with Crippen LogP contribution in [-0.4, -0.2) is 36.4 Å². The summed E-state index contributed by atoms with van der Waals surface area (Å²) in [5.74, 6) is -0.449. The maximum Gasteiger partial charge on any atom is 0.337 e. The molecule has 1 aliphatic carbocycles. The van der Waals surface area contributed by atoms with Crippen molar-refractivity contribution in [3.63, 3.8) is 0 Å². The average Bonchev–Trinajstić information content (AvgIpc) is 3.40. The van der Waals surface area contributed by atoms with Crippen LogP contribution in [0.1, 0.15) is 65.1 Å². The van der Waals surface area contributed by atoms with Crippen LogP contribution in [0.5, 0.6) is 0 Å². The molecule has 1 heterocycles. The molecule has 7 heteroatoms. The first kappa shape index (κ1) is 24.0. The lowest BCUT2D eigenvalue weighted by Crippen LogP contribution is -2.37. The van der Waals surface area contributed by atoms with E-state index < -0.39 is 6.29 Å². The number of benzene rings is 2. The van der Waals surface area contributed by atoms with Crippen LogP contribution in [0.15, 0.2) is 60.4 Å². The van der Waals surface area contributed by atoms with Gasteiger partial charge in [-0.25, -0.2) is 4.79 Å². The van der Waals surface area contributed by atoms with Crippen LogP contribution < -0.4 is 5.32 Å². The van der Waals surface area contributed by atoms with Crippen LogP contribution in [0.25, 0.3) is 0 Å². The molecule has 0 aromatic heterocycles. The first-order valence-electron chi connectivity index (χ1n) is 11.7. The van der Waals surface area contributed by atoms with Crippen molar-refractivity contribution < 1.29 is 28.9 Å². The van der Waals surface area contributed by atoms with Gasteiger partial charge in [-0.2, -0.15) is 0 Å². The monoisotopic (exact) mass is 465 g/mol.